The number of rotatable bonds is 5. The van der Waals surface area contributed by atoms with Crippen molar-refractivity contribution in [3.05, 3.63) is 48.6 Å². The van der Waals surface area contributed by atoms with Crippen molar-refractivity contribution in [1.82, 2.24) is 15.2 Å². The van der Waals surface area contributed by atoms with E-state index in [2.05, 4.69) is 15.2 Å². The van der Waals surface area contributed by atoms with Gasteiger partial charge in [-0.25, -0.2) is 4.98 Å². The van der Waals surface area contributed by atoms with Gasteiger partial charge in [-0.05, 0) is 25.1 Å². The molecule has 1 N–H and O–H groups in total. The molecule has 1 amide bonds. The highest BCUT2D eigenvalue weighted by Gasteiger charge is 2.54. The maximum absolute atomic E-state index is 12.5. The largest absolute Gasteiger partial charge is 0.477 e. The summed E-state index contributed by atoms with van der Waals surface area (Å²) in [4.78, 5) is 19.1. The third kappa shape index (κ3) is 2.78. The number of hydrogen-bond donors (Lipinski definition) is 1. The Bertz CT molecular complexity index is 689. The fraction of sp³-hybridized carbons (Fsp3) is 0.444. The van der Waals surface area contributed by atoms with Crippen molar-refractivity contribution in [2.75, 3.05) is 26.2 Å². The quantitative estimate of drug-likeness (QED) is 0.905. The molecule has 4 rings (SSSR count). The number of furan rings is 1. The highest BCUT2D eigenvalue weighted by atomic mass is 16.5. The van der Waals surface area contributed by atoms with Crippen LogP contribution in [0.4, 0.5) is 0 Å². The molecule has 2 aromatic rings. The predicted octanol–water partition coefficient (Wildman–Crippen LogP) is 1.69. The minimum absolute atomic E-state index is 0.159. The fourth-order valence-corrected chi connectivity index (χ4v) is 3.82. The molecule has 0 radical (unpaired) electrons. The van der Waals surface area contributed by atoms with Crippen LogP contribution in [0.3, 0.4) is 0 Å². The lowest BCUT2D eigenvalue weighted by Gasteiger charge is -2.28. The van der Waals surface area contributed by atoms with Gasteiger partial charge < -0.3 is 14.5 Å². The summed E-state index contributed by atoms with van der Waals surface area (Å²) in [6.07, 6.45) is 6.03. The van der Waals surface area contributed by atoms with Crippen LogP contribution in [0.1, 0.15) is 12.0 Å². The first-order valence-corrected chi connectivity index (χ1v) is 8.32. The number of hydrogen-bond acceptors (Lipinski definition) is 5. The maximum Gasteiger partial charge on any atom is 0.228 e. The second kappa shape index (κ2) is 6.28. The third-order valence-corrected chi connectivity index (χ3v) is 5.18. The van der Waals surface area contributed by atoms with Crippen LogP contribution >= 0.6 is 0 Å². The molecule has 2 aliphatic heterocycles. The van der Waals surface area contributed by atoms with E-state index in [0.717, 1.165) is 31.6 Å². The van der Waals surface area contributed by atoms with Gasteiger partial charge in [0.25, 0.3) is 0 Å². The standard InChI is InChI=1S/C18H21N3O3/c22-17-18(5-7-21(13-18)10-14-4-8-23-11-14)15(9-20-17)12-24-16-3-1-2-6-19-16/h1-4,6,8,11,15H,5,7,9-10,12-13H2,(H,20,22)/t15-,18+/m0/s1. The van der Waals surface area contributed by atoms with Gasteiger partial charge in [-0.15, -0.1) is 0 Å². The van der Waals surface area contributed by atoms with Gasteiger partial charge in [0.2, 0.25) is 11.8 Å². The molecule has 1 spiro atoms. The number of nitrogens with one attached hydrogen (secondary N) is 1. The summed E-state index contributed by atoms with van der Waals surface area (Å²) in [7, 11) is 0. The second-order valence-corrected chi connectivity index (χ2v) is 6.63. The van der Waals surface area contributed by atoms with Gasteiger partial charge in [-0.3, -0.25) is 9.69 Å². The van der Waals surface area contributed by atoms with Crippen molar-refractivity contribution >= 4 is 5.91 Å². The number of carbonyl (C=O) groups is 1. The number of nitrogens with zero attached hydrogens (tertiary/aromatic N) is 2. The first-order chi connectivity index (χ1) is 11.8. The number of likely N-dealkylation sites (tertiary alicyclic amines) is 1. The number of aromatic nitrogens is 1. The zero-order valence-corrected chi connectivity index (χ0v) is 13.5. The van der Waals surface area contributed by atoms with Crippen LogP contribution in [0.25, 0.3) is 0 Å². The molecule has 2 saturated heterocycles. The van der Waals surface area contributed by atoms with E-state index in [1.807, 2.05) is 24.3 Å². The molecule has 0 aliphatic carbocycles. The lowest BCUT2D eigenvalue weighted by Crippen LogP contribution is -2.40. The van der Waals surface area contributed by atoms with Crippen LogP contribution in [0.15, 0.2) is 47.4 Å². The molecular weight excluding hydrogens is 306 g/mol. The topological polar surface area (TPSA) is 67.6 Å². The summed E-state index contributed by atoms with van der Waals surface area (Å²) in [6, 6.07) is 7.58. The van der Waals surface area contributed by atoms with Gasteiger partial charge in [0.1, 0.15) is 0 Å². The molecule has 2 aliphatic rings. The Balaban J connectivity index is 1.43. The highest BCUT2D eigenvalue weighted by molar-refractivity contribution is 5.86. The van der Waals surface area contributed by atoms with Gasteiger partial charge in [-0.1, -0.05) is 6.07 Å². The second-order valence-electron chi connectivity index (χ2n) is 6.63. The lowest BCUT2D eigenvalue weighted by atomic mass is 9.77. The van der Waals surface area contributed by atoms with Crippen molar-refractivity contribution in [3.8, 4) is 5.88 Å². The Labute approximate surface area is 140 Å². The Morgan fingerprint density at radius 3 is 3.17 bits per heavy atom. The van der Waals surface area contributed by atoms with Gasteiger partial charge >= 0.3 is 0 Å². The average Bonchev–Trinajstić information content (AvgIpc) is 3.32. The molecule has 6 heteroatoms. The predicted molar refractivity (Wildman–Crippen MR) is 87.3 cm³/mol. The van der Waals surface area contributed by atoms with Crippen molar-refractivity contribution in [2.45, 2.75) is 13.0 Å². The van der Waals surface area contributed by atoms with Crippen LogP contribution in [0, 0.1) is 11.3 Å². The van der Waals surface area contributed by atoms with E-state index in [-0.39, 0.29) is 17.2 Å². The van der Waals surface area contributed by atoms with E-state index in [4.69, 9.17) is 9.15 Å². The summed E-state index contributed by atoms with van der Waals surface area (Å²) in [5.74, 6) is 0.938. The zero-order chi connectivity index (χ0) is 16.4. The molecule has 24 heavy (non-hydrogen) atoms. The number of carbonyl (C=O) groups excluding carboxylic acids is 1. The van der Waals surface area contributed by atoms with Crippen molar-refractivity contribution in [1.29, 1.82) is 0 Å². The Hall–Kier alpha value is -2.34. The molecule has 4 heterocycles. The first kappa shape index (κ1) is 15.2. The summed E-state index contributed by atoms with van der Waals surface area (Å²) in [6.45, 7) is 3.68. The van der Waals surface area contributed by atoms with Crippen LogP contribution in [0.2, 0.25) is 0 Å². The van der Waals surface area contributed by atoms with Crippen molar-refractivity contribution in [2.24, 2.45) is 11.3 Å². The van der Waals surface area contributed by atoms with Crippen LogP contribution < -0.4 is 10.1 Å². The monoisotopic (exact) mass is 327 g/mol. The van der Waals surface area contributed by atoms with Gasteiger partial charge in [0.15, 0.2) is 0 Å². The smallest absolute Gasteiger partial charge is 0.228 e. The maximum atomic E-state index is 12.5. The van der Waals surface area contributed by atoms with Crippen LogP contribution in [0.5, 0.6) is 5.88 Å². The molecule has 2 aromatic heterocycles. The number of ether oxygens (including phenoxy) is 1. The van der Waals surface area contributed by atoms with E-state index in [1.165, 1.54) is 0 Å². The van der Waals surface area contributed by atoms with E-state index in [0.29, 0.717) is 19.0 Å². The molecule has 0 bridgehead atoms. The minimum Gasteiger partial charge on any atom is -0.477 e. The molecule has 2 atom stereocenters. The van der Waals surface area contributed by atoms with E-state index in [9.17, 15) is 4.79 Å². The minimum atomic E-state index is -0.349. The van der Waals surface area contributed by atoms with Gasteiger partial charge in [-0.2, -0.15) is 0 Å². The normalized spacial score (nSPS) is 26.8. The zero-order valence-electron chi connectivity index (χ0n) is 13.5. The fourth-order valence-electron chi connectivity index (χ4n) is 3.82. The van der Waals surface area contributed by atoms with Gasteiger partial charge in [0.05, 0.1) is 24.5 Å². The van der Waals surface area contributed by atoms with Crippen molar-refractivity contribution < 1.29 is 13.9 Å². The molecule has 2 fully saturated rings. The Kier molecular flexibility index (Phi) is 3.98. The van der Waals surface area contributed by atoms with Gasteiger partial charge in [0, 0.05) is 43.4 Å². The Morgan fingerprint density at radius 1 is 1.42 bits per heavy atom. The number of amides is 1. The van der Waals surface area contributed by atoms with Crippen molar-refractivity contribution in [3.63, 3.8) is 0 Å². The summed E-state index contributed by atoms with van der Waals surface area (Å²) in [5, 5.41) is 3.03. The molecule has 0 saturated carbocycles. The molecule has 6 nitrogen and oxygen atoms in total. The molecule has 0 aromatic carbocycles. The summed E-state index contributed by atoms with van der Waals surface area (Å²) < 4.78 is 11.0. The Morgan fingerprint density at radius 2 is 2.38 bits per heavy atom. The van der Waals surface area contributed by atoms with E-state index >= 15 is 0 Å². The summed E-state index contributed by atoms with van der Waals surface area (Å²) >= 11 is 0. The third-order valence-electron chi connectivity index (χ3n) is 5.18. The van der Waals surface area contributed by atoms with E-state index in [1.54, 1.807) is 18.7 Å². The SMILES string of the molecule is O=C1NC[C@@H](COc2ccccn2)[C@]12CCN(Cc1ccoc1)C2. The number of pyridine rings is 1. The highest BCUT2D eigenvalue weighted by Crippen LogP contribution is 2.42. The van der Waals surface area contributed by atoms with Crippen LogP contribution in [-0.2, 0) is 11.3 Å². The van der Waals surface area contributed by atoms with E-state index < -0.39 is 0 Å². The van der Waals surface area contributed by atoms with Crippen LogP contribution in [-0.4, -0.2) is 42.0 Å². The molecule has 126 valence electrons. The average molecular weight is 327 g/mol. The molecular formula is C18H21N3O3. The summed E-state index contributed by atoms with van der Waals surface area (Å²) in [5.41, 5.74) is 0.796. The first-order valence-electron chi connectivity index (χ1n) is 8.32. The lowest BCUT2D eigenvalue weighted by molar-refractivity contribution is -0.128. The molecule has 0 unspecified atom stereocenters.